The molecule has 0 radical (unpaired) electrons. The third kappa shape index (κ3) is 2.87. The molecule has 1 N–H and O–H groups in total. The summed E-state index contributed by atoms with van der Waals surface area (Å²) in [7, 11) is 0. The first kappa shape index (κ1) is 10.8. The summed E-state index contributed by atoms with van der Waals surface area (Å²) < 4.78 is 0. The lowest BCUT2D eigenvalue weighted by Crippen LogP contribution is -2.31. The van der Waals surface area contributed by atoms with Gasteiger partial charge in [0.1, 0.15) is 0 Å². The van der Waals surface area contributed by atoms with Gasteiger partial charge in [-0.05, 0) is 17.8 Å². The normalized spacial score (nSPS) is 26.6. The molecule has 1 fully saturated rings. The highest BCUT2D eigenvalue weighted by atomic mass is 35.5. The van der Waals surface area contributed by atoms with Crippen molar-refractivity contribution in [2.45, 2.75) is 27.2 Å². The number of rotatable bonds is 4. The second-order valence-corrected chi connectivity index (χ2v) is 5.06. The highest BCUT2D eigenvalue weighted by molar-refractivity contribution is 6.18. The number of amides is 1. The van der Waals surface area contributed by atoms with Gasteiger partial charge in [-0.2, -0.15) is 0 Å². The molecule has 1 aliphatic carbocycles. The lowest BCUT2D eigenvalue weighted by atomic mass is 10.1. The lowest BCUT2D eigenvalue weighted by Gasteiger charge is -2.09. The Bertz CT molecular complexity index is 203. The van der Waals surface area contributed by atoms with Gasteiger partial charge in [-0.1, -0.05) is 20.8 Å². The van der Waals surface area contributed by atoms with Crippen molar-refractivity contribution in [2.24, 2.45) is 17.3 Å². The molecule has 1 rings (SSSR count). The van der Waals surface area contributed by atoms with Gasteiger partial charge in [0, 0.05) is 18.3 Å². The summed E-state index contributed by atoms with van der Waals surface area (Å²) in [6, 6.07) is 0. The molecule has 1 aliphatic rings. The molecule has 76 valence electrons. The van der Waals surface area contributed by atoms with Gasteiger partial charge >= 0.3 is 0 Å². The maximum absolute atomic E-state index is 11.5. The number of alkyl halides is 1. The van der Waals surface area contributed by atoms with E-state index in [2.05, 4.69) is 19.2 Å². The van der Waals surface area contributed by atoms with Crippen molar-refractivity contribution in [1.29, 1.82) is 0 Å². The summed E-state index contributed by atoms with van der Waals surface area (Å²) >= 11 is 5.64. The molecule has 3 heteroatoms. The van der Waals surface area contributed by atoms with Gasteiger partial charge in [-0.15, -0.1) is 11.6 Å². The van der Waals surface area contributed by atoms with Gasteiger partial charge in [0.15, 0.2) is 0 Å². The molecule has 0 aromatic heterocycles. The third-order valence-corrected chi connectivity index (χ3v) is 3.24. The molecule has 2 unspecified atom stereocenters. The highest BCUT2D eigenvalue weighted by Crippen LogP contribution is 2.51. The Balaban J connectivity index is 2.20. The van der Waals surface area contributed by atoms with Crippen molar-refractivity contribution >= 4 is 17.5 Å². The first-order chi connectivity index (χ1) is 5.97. The molecule has 2 atom stereocenters. The second kappa shape index (κ2) is 3.87. The molecule has 2 nitrogen and oxygen atoms in total. The van der Waals surface area contributed by atoms with Crippen LogP contribution in [0, 0.1) is 17.3 Å². The zero-order valence-electron chi connectivity index (χ0n) is 8.56. The average molecular weight is 204 g/mol. The van der Waals surface area contributed by atoms with Gasteiger partial charge in [0.25, 0.3) is 0 Å². The molecule has 0 aliphatic heterocycles. The molecule has 0 spiro atoms. The average Bonchev–Trinajstić information content (AvgIpc) is 2.70. The summed E-state index contributed by atoms with van der Waals surface area (Å²) in [4.78, 5) is 11.5. The van der Waals surface area contributed by atoms with Crippen LogP contribution in [0.4, 0.5) is 0 Å². The zero-order chi connectivity index (χ0) is 10.1. The summed E-state index contributed by atoms with van der Waals surface area (Å²) in [6.45, 7) is 6.99. The van der Waals surface area contributed by atoms with Crippen molar-refractivity contribution < 1.29 is 4.79 Å². The molecule has 1 saturated carbocycles. The number of halogens is 1. The minimum atomic E-state index is 0.196. The topological polar surface area (TPSA) is 29.1 Å². The molecule has 0 aromatic rings. The minimum absolute atomic E-state index is 0.196. The van der Waals surface area contributed by atoms with Crippen LogP contribution in [0.25, 0.3) is 0 Å². The Hall–Kier alpha value is -0.240. The van der Waals surface area contributed by atoms with Crippen LogP contribution in [-0.4, -0.2) is 18.3 Å². The van der Waals surface area contributed by atoms with Gasteiger partial charge in [-0.25, -0.2) is 0 Å². The fourth-order valence-electron chi connectivity index (χ4n) is 1.37. The highest BCUT2D eigenvalue weighted by Gasteiger charge is 2.50. The van der Waals surface area contributed by atoms with Crippen molar-refractivity contribution in [3.8, 4) is 0 Å². The van der Waals surface area contributed by atoms with Crippen LogP contribution in [0.15, 0.2) is 0 Å². The van der Waals surface area contributed by atoms with Crippen LogP contribution in [0.1, 0.15) is 27.2 Å². The van der Waals surface area contributed by atoms with Crippen LogP contribution in [0.2, 0.25) is 0 Å². The molecule has 0 heterocycles. The third-order valence-electron chi connectivity index (χ3n) is 2.72. The Morgan fingerprint density at radius 2 is 2.23 bits per heavy atom. The fourth-order valence-corrected chi connectivity index (χ4v) is 1.48. The molecule has 0 bridgehead atoms. The molecular weight excluding hydrogens is 186 g/mol. The van der Waals surface area contributed by atoms with Crippen molar-refractivity contribution in [3.63, 3.8) is 0 Å². The quantitative estimate of drug-likeness (QED) is 0.696. The van der Waals surface area contributed by atoms with E-state index in [1.54, 1.807) is 0 Å². The Morgan fingerprint density at radius 3 is 2.62 bits per heavy atom. The molecule has 0 saturated heterocycles. The van der Waals surface area contributed by atoms with E-state index in [9.17, 15) is 4.79 Å². The van der Waals surface area contributed by atoms with E-state index in [0.29, 0.717) is 18.3 Å². The van der Waals surface area contributed by atoms with Crippen LogP contribution in [0.3, 0.4) is 0 Å². The van der Waals surface area contributed by atoms with E-state index in [-0.39, 0.29) is 17.2 Å². The molecule has 1 amide bonds. The number of nitrogens with one attached hydrogen (secondary N) is 1. The van der Waals surface area contributed by atoms with Gasteiger partial charge in [-0.3, -0.25) is 4.79 Å². The van der Waals surface area contributed by atoms with E-state index in [4.69, 9.17) is 11.6 Å². The Morgan fingerprint density at radius 1 is 1.69 bits per heavy atom. The molecule has 13 heavy (non-hydrogen) atoms. The monoisotopic (exact) mass is 203 g/mol. The summed E-state index contributed by atoms with van der Waals surface area (Å²) in [5.41, 5.74) is 0.230. The van der Waals surface area contributed by atoms with Crippen molar-refractivity contribution in [3.05, 3.63) is 0 Å². The minimum Gasteiger partial charge on any atom is -0.356 e. The van der Waals surface area contributed by atoms with Crippen LogP contribution in [-0.2, 0) is 4.79 Å². The van der Waals surface area contributed by atoms with E-state index in [1.807, 2.05) is 6.92 Å². The van der Waals surface area contributed by atoms with E-state index in [0.717, 1.165) is 6.42 Å². The predicted molar refractivity (Wildman–Crippen MR) is 54.8 cm³/mol. The zero-order valence-corrected chi connectivity index (χ0v) is 9.32. The maximum Gasteiger partial charge on any atom is 0.223 e. The smallest absolute Gasteiger partial charge is 0.223 e. The second-order valence-electron chi connectivity index (χ2n) is 4.75. The Kier molecular flexibility index (Phi) is 3.23. The maximum atomic E-state index is 11.5. The van der Waals surface area contributed by atoms with Crippen molar-refractivity contribution in [1.82, 2.24) is 5.32 Å². The SMILES string of the molecule is CC(CCl)CNC(=O)C1CC1(C)C. The summed E-state index contributed by atoms with van der Waals surface area (Å²) in [5.74, 6) is 1.40. The number of hydrogen-bond acceptors (Lipinski definition) is 1. The fraction of sp³-hybridized carbons (Fsp3) is 0.900. The van der Waals surface area contributed by atoms with Crippen LogP contribution < -0.4 is 5.32 Å². The van der Waals surface area contributed by atoms with Crippen LogP contribution in [0.5, 0.6) is 0 Å². The lowest BCUT2D eigenvalue weighted by molar-refractivity contribution is -0.123. The molecular formula is C10H18ClNO. The predicted octanol–water partition coefficient (Wildman–Crippen LogP) is 2.02. The van der Waals surface area contributed by atoms with Gasteiger partial charge < -0.3 is 5.32 Å². The van der Waals surface area contributed by atoms with E-state index < -0.39 is 0 Å². The largest absolute Gasteiger partial charge is 0.356 e. The first-order valence-electron chi connectivity index (χ1n) is 4.81. The summed E-state index contributed by atoms with van der Waals surface area (Å²) in [5, 5.41) is 2.93. The van der Waals surface area contributed by atoms with Gasteiger partial charge in [0.2, 0.25) is 5.91 Å². The molecule has 0 aromatic carbocycles. The number of carbonyl (C=O) groups excluding carboxylic acids is 1. The van der Waals surface area contributed by atoms with E-state index in [1.165, 1.54) is 0 Å². The first-order valence-corrected chi connectivity index (χ1v) is 5.34. The van der Waals surface area contributed by atoms with Crippen molar-refractivity contribution in [2.75, 3.05) is 12.4 Å². The Labute approximate surface area is 85.0 Å². The van der Waals surface area contributed by atoms with Crippen LogP contribution >= 0.6 is 11.6 Å². The van der Waals surface area contributed by atoms with E-state index >= 15 is 0 Å². The van der Waals surface area contributed by atoms with Gasteiger partial charge in [0.05, 0.1) is 0 Å². The number of carbonyl (C=O) groups is 1. The standard InChI is InChI=1S/C10H18ClNO/c1-7(5-11)6-12-9(13)8-4-10(8,2)3/h7-8H,4-6H2,1-3H3,(H,12,13). The summed E-state index contributed by atoms with van der Waals surface area (Å²) in [6.07, 6.45) is 1.02. The number of hydrogen-bond donors (Lipinski definition) is 1.